The minimum absolute atomic E-state index is 0.0148. The quantitative estimate of drug-likeness (QED) is 0.715. The molecule has 3 N–H and O–H groups in total. The van der Waals surface area contributed by atoms with Gasteiger partial charge in [0.2, 0.25) is 5.91 Å². The van der Waals surface area contributed by atoms with Crippen LogP contribution in [0.2, 0.25) is 0 Å². The second-order valence-corrected chi connectivity index (χ2v) is 6.11. The maximum absolute atomic E-state index is 11.7. The number of carbonyl (C=O) groups excluding carboxylic acids is 1. The Hall–Kier alpha value is -0.220. The van der Waals surface area contributed by atoms with Gasteiger partial charge in [-0.25, -0.2) is 0 Å². The molecule has 1 aliphatic carbocycles. The van der Waals surface area contributed by atoms with Crippen molar-refractivity contribution in [1.29, 1.82) is 0 Å². The second kappa shape index (κ2) is 5.92. The van der Waals surface area contributed by atoms with Crippen molar-refractivity contribution in [1.82, 2.24) is 5.32 Å². The Morgan fingerprint density at radius 1 is 1.50 bits per heavy atom. The van der Waals surface area contributed by atoms with Crippen LogP contribution in [-0.2, 0) is 4.79 Å². The van der Waals surface area contributed by atoms with Crippen molar-refractivity contribution in [2.24, 2.45) is 17.1 Å². The Kier molecular flexibility index (Phi) is 5.12. The molecule has 0 bridgehead atoms. The summed E-state index contributed by atoms with van der Waals surface area (Å²) in [7, 11) is 0. The van der Waals surface area contributed by atoms with Crippen LogP contribution >= 0.6 is 11.8 Å². The fourth-order valence-electron chi connectivity index (χ4n) is 1.89. The van der Waals surface area contributed by atoms with Gasteiger partial charge in [0, 0.05) is 6.54 Å². The summed E-state index contributed by atoms with van der Waals surface area (Å²) in [5.41, 5.74) is 6.17. The third-order valence-electron chi connectivity index (χ3n) is 3.70. The van der Waals surface area contributed by atoms with Crippen molar-refractivity contribution in [3.8, 4) is 0 Å². The van der Waals surface area contributed by atoms with Crippen molar-refractivity contribution < 1.29 is 4.79 Å². The first-order valence-electron chi connectivity index (χ1n) is 6.04. The van der Waals surface area contributed by atoms with Gasteiger partial charge in [-0.1, -0.05) is 13.8 Å². The van der Waals surface area contributed by atoms with Crippen LogP contribution in [0.3, 0.4) is 0 Å². The van der Waals surface area contributed by atoms with Gasteiger partial charge >= 0.3 is 0 Å². The van der Waals surface area contributed by atoms with Crippen LogP contribution in [0, 0.1) is 11.3 Å². The van der Waals surface area contributed by atoms with Gasteiger partial charge in [0.05, 0.1) is 6.04 Å². The molecule has 1 aliphatic rings. The SMILES string of the molecule is CSCC[C@@H](N)C(=O)NCC1(C(C)C)CC1. The number of rotatable bonds is 7. The molecule has 0 saturated heterocycles. The normalized spacial score (nSPS) is 19.6. The van der Waals surface area contributed by atoms with E-state index in [1.165, 1.54) is 12.8 Å². The zero-order valence-corrected chi connectivity index (χ0v) is 11.4. The summed E-state index contributed by atoms with van der Waals surface area (Å²) in [5.74, 6) is 1.61. The van der Waals surface area contributed by atoms with Gasteiger partial charge < -0.3 is 11.1 Å². The number of hydrogen-bond donors (Lipinski definition) is 2. The first kappa shape index (κ1) is 13.8. The van der Waals surface area contributed by atoms with Crippen LogP contribution < -0.4 is 11.1 Å². The highest BCUT2D eigenvalue weighted by molar-refractivity contribution is 7.98. The summed E-state index contributed by atoms with van der Waals surface area (Å²) in [6.07, 6.45) is 5.28. The summed E-state index contributed by atoms with van der Waals surface area (Å²) in [6, 6.07) is -0.338. The molecule has 0 unspecified atom stereocenters. The number of nitrogens with two attached hydrogens (primary N) is 1. The molecule has 1 amide bonds. The third kappa shape index (κ3) is 3.67. The van der Waals surface area contributed by atoms with Gasteiger partial charge in [-0.2, -0.15) is 11.8 Å². The lowest BCUT2D eigenvalue weighted by Crippen LogP contribution is -2.43. The van der Waals surface area contributed by atoms with Crippen LogP contribution in [0.4, 0.5) is 0 Å². The van der Waals surface area contributed by atoms with Gasteiger partial charge in [0.1, 0.15) is 0 Å². The Bertz CT molecular complexity index is 239. The summed E-state index contributed by atoms with van der Waals surface area (Å²) in [4.78, 5) is 11.7. The van der Waals surface area contributed by atoms with Crippen LogP contribution in [-0.4, -0.2) is 30.5 Å². The molecule has 0 aromatic heterocycles. The summed E-state index contributed by atoms with van der Waals surface area (Å²) < 4.78 is 0. The van der Waals surface area contributed by atoms with E-state index in [2.05, 4.69) is 19.2 Å². The van der Waals surface area contributed by atoms with E-state index >= 15 is 0 Å². The molecule has 1 rings (SSSR count). The van der Waals surface area contributed by atoms with E-state index in [1.807, 2.05) is 6.26 Å². The van der Waals surface area contributed by atoms with Crippen molar-refractivity contribution in [2.75, 3.05) is 18.6 Å². The molecule has 0 aromatic rings. The lowest BCUT2D eigenvalue weighted by Gasteiger charge is -2.21. The Labute approximate surface area is 103 Å². The zero-order chi connectivity index (χ0) is 12.2. The predicted molar refractivity (Wildman–Crippen MR) is 70.5 cm³/mol. The largest absolute Gasteiger partial charge is 0.354 e. The molecule has 0 aromatic carbocycles. The minimum Gasteiger partial charge on any atom is -0.354 e. The molecule has 0 radical (unpaired) electrons. The fraction of sp³-hybridized carbons (Fsp3) is 0.917. The number of amides is 1. The number of nitrogens with one attached hydrogen (secondary N) is 1. The Morgan fingerprint density at radius 2 is 2.12 bits per heavy atom. The van der Waals surface area contributed by atoms with E-state index in [-0.39, 0.29) is 11.9 Å². The maximum Gasteiger partial charge on any atom is 0.236 e. The molecular weight excluding hydrogens is 220 g/mol. The van der Waals surface area contributed by atoms with Gasteiger partial charge in [-0.15, -0.1) is 0 Å². The smallest absolute Gasteiger partial charge is 0.236 e. The van der Waals surface area contributed by atoms with Crippen molar-refractivity contribution >= 4 is 17.7 Å². The van der Waals surface area contributed by atoms with E-state index < -0.39 is 0 Å². The highest BCUT2D eigenvalue weighted by Gasteiger charge is 2.45. The molecule has 4 heteroatoms. The first-order valence-corrected chi connectivity index (χ1v) is 7.43. The fourth-order valence-corrected chi connectivity index (χ4v) is 2.38. The molecule has 1 atom stereocenters. The summed E-state index contributed by atoms with van der Waals surface area (Å²) >= 11 is 1.73. The van der Waals surface area contributed by atoms with Crippen molar-refractivity contribution in [3.63, 3.8) is 0 Å². The van der Waals surface area contributed by atoms with E-state index in [0.717, 1.165) is 18.7 Å². The van der Waals surface area contributed by atoms with E-state index in [1.54, 1.807) is 11.8 Å². The molecule has 1 saturated carbocycles. The Morgan fingerprint density at radius 3 is 2.56 bits per heavy atom. The van der Waals surface area contributed by atoms with E-state index in [0.29, 0.717) is 11.3 Å². The molecule has 3 nitrogen and oxygen atoms in total. The van der Waals surface area contributed by atoms with Crippen LogP contribution in [0.5, 0.6) is 0 Å². The van der Waals surface area contributed by atoms with E-state index in [4.69, 9.17) is 5.73 Å². The number of carbonyl (C=O) groups is 1. The van der Waals surface area contributed by atoms with Gasteiger partial charge in [-0.05, 0) is 42.6 Å². The molecular formula is C12H24N2OS. The topological polar surface area (TPSA) is 55.1 Å². The number of thioether (sulfide) groups is 1. The van der Waals surface area contributed by atoms with Gasteiger partial charge in [0.25, 0.3) is 0 Å². The standard InChI is InChI=1S/C12H24N2OS/c1-9(2)12(5-6-12)8-14-11(15)10(13)4-7-16-3/h9-10H,4-8,13H2,1-3H3,(H,14,15)/t10-/m1/s1. The molecule has 94 valence electrons. The lowest BCUT2D eigenvalue weighted by atomic mass is 9.92. The predicted octanol–water partition coefficient (Wildman–Crippen LogP) is 1.62. The molecule has 0 heterocycles. The van der Waals surface area contributed by atoms with Crippen molar-refractivity contribution in [2.45, 2.75) is 39.2 Å². The Balaban J connectivity index is 2.24. The average Bonchev–Trinajstić information content (AvgIpc) is 3.03. The highest BCUT2D eigenvalue weighted by atomic mass is 32.2. The van der Waals surface area contributed by atoms with Gasteiger partial charge in [0.15, 0.2) is 0 Å². The van der Waals surface area contributed by atoms with Gasteiger partial charge in [-0.3, -0.25) is 4.79 Å². The average molecular weight is 244 g/mol. The second-order valence-electron chi connectivity index (χ2n) is 5.12. The van der Waals surface area contributed by atoms with Crippen LogP contribution in [0.15, 0.2) is 0 Å². The van der Waals surface area contributed by atoms with E-state index in [9.17, 15) is 4.79 Å². The third-order valence-corrected chi connectivity index (χ3v) is 4.35. The monoisotopic (exact) mass is 244 g/mol. The van der Waals surface area contributed by atoms with Crippen LogP contribution in [0.25, 0.3) is 0 Å². The maximum atomic E-state index is 11.7. The first-order chi connectivity index (χ1) is 7.52. The van der Waals surface area contributed by atoms with Crippen LogP contribution in [0.1, 0.15) is 33.1 Å². The molecule has 0 spiro atoms. The lowest BCUT2D eigenvalue weighted by molar-refractivity contribution is -0.122. The zero-order valence-electron chi connectivity index (χ0n) is 10.6. The molecule has 0 aliphatic heterocycles. The molecule has 16 heavy (non-hydrogen) atoms. The molecule has 1 fully saturated rings. The summed E-state index contributed by atoms with van der Waals surface area (Å²) in [6.45, 7) is 5.26. The minimum atomic E-state index is -0.338. The highest BCUT2D eigenvalue weighted by Crippen LogP contribution is 2.51. The van der Waals surface area contributed by atoms with Crippen molar-refractivity contribution in [3.05, 3.63) is 0 Å². The number of hydrogen-bond acceptors (Lipinski definition) is 3. The summed E-state index contributed by atoms with van der Waals surface area (Å²) in [5, 5.41) is 3.00.